The number of esters is 1. The van der Waals surface area contributed by atoms with Crippen LogP contribution < -0.4 is 9.64 Å². The standard InChI is InChI=1S/C27H23N3O6S/c1-4-10-35-26(34)24-15(3)29-27(37-24)30-21(17-6-5-9-28-13-17)20(23(32)25(30)33)22(31)16-7-8-19-18(12-16)11-14(2)36-19/h4-9,12-14,21,31H,1,10-11H2,2-3H3/b22-20+. The fourth-order valence-corrected chi connectivity index (χ4v) is 5.47. The number of aromatic nitrogens is 2. The predicted octanol–water partition coefficient (Wildman–Crippen LogP) is 4.14. The van der Waals surface area contributed by atoms with E-state index in [1.165, 1.54) is 17.2 Å². The molecule has 2 aliphatic rings. The van der Waals surface area contributed by atoms with Crippen molar-refractivity contribution in [3.8, 4) is 5.75 Å². The summed E-state index contributed by atoms with van der Waals surface area (Å²) in [4.78, 5) is 49.2. The maximum absolute atomic E-state index is 13.4. The zero-order valence-corrected chi connectivity index (χ0v) is 20.9. The van der Waals surface area contributed by atoms with Gasteiger partial charge in [-0.15, -0.1) is 0 Å². The van der Waals surface area contributed by atoms with E-state index in [9.17, 15) is 19.5 Å². The second-order valence-corrected chi connectivity index (χ2v) is 9.69. The molecule has 0 bridgehead atoms. The summed E-state index contributed by atoms with van der Waals surface area (Å²) in [6.45, 7) is 7.12. The van der Waals surface area contributed by atoms with Gasteiger partial charge in [-0.25, -0.2) is 9.78 Å². The number of Topliss-reactive ketones (excluding diaryl/α,β-unsaturated/α-hetero) is 1. The van der Waals surface area contributed by atoms with Gasteiger partial charge in [0.25, 0.3) is 5.78 Å². The number of rotatable bonds is 6. The van der Waals surface area contributed by atoms with Gasteiger partial charge in [0, 0.05) is 24.4 Å². The average Bonchev–Trinajstić information content (AvgIpc) is 3.54. The monoisotopic (exact) mass is 517 g/mol. The van der Waals surface area contributed by atoms with Gasteiger partial charge in [0.2, 0.25) is 0 Å². The van der Waals surface area contributed by atoms with Crippen molar-refractivity contribution >= 4 is 39.9 Å². The van der Waals surface area contributed by atoms with Crippen molar-refractivity contribution in [3.05, 3.63) is 88.2 Å². The van der Waals surface area contributed by atoms with Crippen LogP contribution in [0.25, 0.3) is 5.76 Å². The molecule has 0 saturated carbocycles. The van der Waals surface area contributed by atoms with Gasteiger partial charge < -0.3 is 14.6 Å². The Morgan fingerprint density at radius 3 is 2.89 bits per heavy atom. The predicted molar refractivity (Wildman–Crippen MR) is 137 cm³/mol. The third-order valence-electron chi connectivity index (χ3n) is 6.12. The molecule has 2 atom stereocenters. The highest BCUT2D eigenvalue weighted by molar-refractivity contribution is 7.17. The van der Waals surface area contributed by atoms with Gasteiger partial charge in [-0.2, -0.15) is 0 Å². The van der Waals surface area contributed by atoms with Gasteiger partial charge in [-0.1, -0.05) is 30.1 Å². The Morgan fingerprint density at radius 1 is 1.35 bits per heavy atom. The minimum absolute atomic E-state index is 0.00822. The number of thiazole rings is 1. The molecule has 37 heavy (non-hydrogen) atoms. The number of ether oxygens (including phenoxy) is 2. The van der Waals surface area contributed by atoms with E-state index in [1.54, 1.807) is 43.5 Å². The number of carbonyl (C=O) groups excluding carboxylic acids is 3. The zero-order chi connectivity index (χ0) is 26.3. The minimum Gasteiger partial charge on any atom is -0.507 e. The fraction of sp³-hybridized carbons (Fsp3) is 0.222. The number of ketones is 1. The molecule has 1 N–H and O–H groups in total. The number of hydrogen-bond donors (Lipinski definition) is 1. The smallest absolute Gasteiger partial charge is 0.350 e. The van der Waals surface area contributed by atoms with Crippen molar-refractivity contribution in [1.82, 2.24) is 9.97 Å². The number of benzene rings is 1. The van der Waals surface area contributed by atoms with Crippen LogP contribution in [0.15, 0.2) is 61.0 Å². The Morgan fingerprint density at radius 2 is 2.16 bits per heavy atom. The van der Waals surface area contributed by atoms with Crippen molar-refractivity contribution in [2.75, 3.05) is 11.5 Å². The number of fused-ring (bicyclic) bond motifs is 1. The first-order chi connectivity index (χ1) is 17.8. The van der Waals surface area contributed by atoms with Crippen LogP contribution in [0.2, 0.25) is 0 Å². The number of hydrogen-bond acceptors (Lipinski definition) is 9. The molecule has 0 spiro atoms. The van der Waals surface area contributed by atoms with E-state index in [4.69, 9.17) is 9.47 Å². The van der Waals surface area contributed by atoms with Gasteiger partial charge in [0.1, 0.15) is 29.1 Å². The Bertz CT molecular complexity index is 1460. The summed E-state index contributed by atoms with van der Waals surface area (Å²) >= 11 is 0.937. The fourth-order valence-electron chi connectivity index (χ4n) is 4.48. The summed E-state index contributed by atoms with van der Waals surface area (Å²) in [5.41, 5.74) is 2.07. The Hall–Kier alpha value is -4.31. The molecule has 2 unspecified atom stereocenters. The minimum atomic E-state index is -1.00. The number of carbonyl (C=O) groups is 3. The topological polar surface area (TPSA) is 119 Å². The Kier molecular flexibility index (Phi) is 6.34. The summed E-state index contributed by atoms with van der Waals surface area (Å²) in [7, 11) is 0. The molecule has 1 fully saturated rings. The van der Waals surface area contributed by atoms with Crippen LogP contribution in [-0.2, 0) is 20.7 Å². The summed E-state index contributed by atoms with van der Waals surface area (Å²) in [6, 6.07) is 7.55. The first-order valence-electron chi connectivity index (χ1n) is 11.6. The number of anilines is 1. The van der Waals surface area contributed by atoms with Crippen molar-refractivity contribution in [1.29, 1.82) is 0 Å². The van der Waals surface area contributed by atoms with Gasteiger partial charge in [0.15, 0.2) is 5.13 Å². The van der Waals surface area contributed by atoms with E-state index in [-0.39, 0.29) is 34.1 Å². The number of pyridine rings is 1. The van der Waals surface area contributed by atoms with E-state index >= 15 is 0 Å². The van der Waals surface area contributed by atoms with Crippen molar-refractivity contribution < 1.29 is 29.0 Å². The third-order valence-corrected chi connectivity index (χ3v) is 7.26. The summed E-state index contributed by atoms with van der Waals surface area (Å²) in [6.07, 6.45) is 5.21. The molecule has 1 saturated heterocycles. The molecule has 1 aromatic carbocycles. The van der Waals surface area contributed by atoms with Crippen molar-refractivity contribution in [3.63, 3.8) is 0 Å². The first kappa shape index (κ1) is 24.4. The highest BCUT2D eigenvalue weighted by Gasteiger charge is 2.48. The highest BCUT2D eigenvalue weighted by atomic mass is 32.1. The van der Waals surface area contributed by atoms with Gasteiger partial charge in [-0.3, -0.25) is 19.5 Å². The summed E-state index contributed by atoms with van der Waals surface area (Å²) in [5, 5.41) is 11.5. The summed E-state index contributed by atoms with van der Waals surface area (Å²) < 4.78 is 10.9. The van der Waals surface area contributed by atoms with Crippen LogP contribution >= 0.6 is 11.3 Å². The molecule has 4 heterocycles. The van der Waals surface area contributed by atoms with E-state index in [2.05, 4.69) is 16.5 Å². The molecule has 2 aromatic heterocycles. The maximum atomic E-state index is 13.4. The number of aryl methyl sites for hydroxylation is 1. The van der Waals surface area contributed by atoms with Crippen LogP contribution in [0, 0.1) is 6.92 Å². The van der Waals surface area contributed by atoms with Crippen molar-refractivity contribution in [2.24, 2.45) is 0 Å². The van der Waals surface area contributed by atoms with Crippen molar-refractivity contribution in [2.45, 2.75) is 32.4 Å². The Labute approximate surface area is 216 Å². The molecule has 1 amide bonds. The number of nitrogens with zero attached hydrogens (tertiary/aromatic N) is 3. The zero-order valence-electron chi connectivity index (χ0n) is 20.1. The van der Waals surface area contributed by atoms with Crippen LogP contribution in [-0.4, -0.2) is 45.4 Å². The molecule has 2 aliphatic heterocycles. The van der Waals surface area contributed by atoms with Crippen LogP contribution in [0.4, 0.5) is 5.13 Å². The normalized spacial score (nSPS) is 20.0. The number of aliphatic hydroxyl groups excluding tert-OH is 1. The van der Waals surface area contributed by atoms with E-state index in [0.717, 1.165) is 22.6 Å². The Balaban J connectivity index is 1.63. The molecule has 3 aromatic rings. The quantitative estimate of drug-likeness (QED) is 0.170. The number of aliphatic hydroxyl groups is 1. The van der Waals surface area contributed by atoms with Crippen LogP contribution in [0.1, 0.15) is 45.0 Å². The second-order valence-electron chi connectivity index (χ2n) is 8.71. The first-order valence-corrected chi connectivity index (χ1v) is 12.4. The average molecular weight is 518 g/mol. The largest absolute Gasteiger partial charge is 0.507 e. The van der Waals surface area contributed by atoms with Crippen LogP contribution in [0.3, 0.4) is 0 Å². The molecule has 9 nitrogen and oxygen atoms in total. The lowest BCUT2D eigenvalue weighted by Gasteiger charge is -2.22. The molecule has 0 radical (unpaired) electrons. The van der Waals surface area contributed by atoms with Crippen LogP contribution in [0.5, 0.6) is 5.75 Å². The molecule has 0 aliphatic carbocycles. The lowest BCUT2D eigenvalue weighted by Crippen LogP contribution is -2.29. The van der Waals surface area contributed by atoms with Gasteiger partial charge >= 0.3 is 11.9 Å². The second kappa shape index (κ2) is 9.62. The lowest BCUT2D eigenvalue weighted by molar-refractivity contribution is -0.132. The molecule has 10 heteroatoms. The molecular weight excluding hydrogens is 494 g/mol. The lowest BCUT2D eigenvalue weighted by atomic mass is 9.95. The summed E-state index contributed by atoms with van der Waals surface area (Å²) in [5.74, 6) is -1.92. The van der Waals surface area contributed by atoms with Gasteiger partial charge in [-0.05, 0) is 49.2 Å². The maximum Gasteiger partial charge on any atom is 0.350 e. The molecular formula is C27H23N3O6S. The SMILES string of the molecule is C=CCOC(=O)c1sc(N2C(=O)C(=O)/C(=C(/O)c3ccc4c(c3)CC(C)O4)C2c2cccnc2)nc1C. The number of amides is 1. The molecule has 188 valence electrons. The van der Waals surface area contributed by atoms with E-state index < -0.39 is 23.7 Å². The molecule has 5 rings (SSSR count). The third kappa shape index (κ3) is 4.29. The van der Waals surface area contributed by atoms with E-state index in [0.29, 0.717) is 23.2 Å². The highest BCUT2D eigenvalue weighted by Crippen LogP contribution is 2.44. The van der Waals surface area contributed by atoms with E-state index in [1.807, 2.05) is 6.92 Å². The van der Waals surface area contributed by atoms with Gasteiger partial charge in [0.05, 0.1) is 17.3 Å².